The highest BCUT2D eigenvalue weighted by atomic mass is 16.5. The van der Waals surface area contributed by atoms with Crippen LogP contribution in [0.25, 0.3) is 0 Å². The number of ether oxygens (including phenoxy) is 1. The van der Waals surface area contributed by atoms with Gasteiger partial charge in [0.25, 0.3) is 0 Å². The quantitative estimate of drug-likeness (QED) is 0.831. The molecule has 0 aromatic carbocycles. The number of rotatable bonds is 3. The number of nitrogens with two attached hydrogens (primary N) is 1. The predicted molar refractivity (Wildman–Crippen MR) is 79.6 cm³/mol. The van der Waals surface area contributed by atoms with Crippen LogP contribution in [0.1, 0.15) is 49.9 Å². The number of nitrogens with zero attached hydrogens (tertiary/aromatic N) is 1. The fourth-order valence-electron chi connectivity index (χ4n) is 2.58. The first-order valence-corrected chi connectivity index (χ1v) is 7.02. The number of hydrogen-bond donors (Lipinski definition) is 2. The number of anilines is 2. The fraction of sp³-hybridized carbons (Fsp3) is 0.600. The highest BCUT2D eigenvalue weighted by Crippen LogP contribution is 2.36. The van der Waals surface area contributed by atoms with E-state index in [9.17, 15) is 4.79 Å². The van der Waals surface area contributed by atoms with Gasteiger partial charge in [0.05, 0.1) is 24.6 Å². The maximum atomic E-state index is 11.6. The van der Waals surface area contributed by atoms with Crippen molar-refractivity contribution < 1.29 is 9.53 Å². The molecule has 0 spiro atoms. The Hall–Kier alpha value is -1.78. The molecule has 1 aliphatic rings. The largest absolute Gasteiger partial charge is 0.465 e. The normalized spacial score (nSPS) is 18.6. The summed E-state index contributed by atoms with van der Waals surface area (Å²) < 4.78 is 4.71. The number of nitrogens with one attached hydrogen (secondary N) is 1. The minimum atomic E-state index is -0.433. The van der Waals surface area contributed by atoms with E-state index >= 15 is 0 Å². The van der Waals surface area contributed by atoms with E-state index < -0.39 is 5.97 Å². The summed E-state index contributed by atoms with van der Waals surface area (Å²) in [5.74, 6) is 0.252. The van der Waals surface area contributed by atoms with Gasteiger partial charge >= 0.3 is 5.97 Å². The molecular weight excluding hydrogens is 254 g/mol. The Kier molecular flexibility index (Phi) is 4.16. The van der Waals surface area contributed by atoms with E-state index in [0.29, 0.717) is 28.5 Å². The average molecular weight is 277 g/mol. The van der Waals surface area contributed by atoms with Crippen LogP contribution in [0, 0.1) is 5.41 Å². The lowest BCUT2D eigenvalue weighted by atomic mass is 9.75. The zero-order valence-electron chi connectivity index (χ0n) is 12.4. The molecule has 0 atom stereocenters. The van der Waals surface area contributed by atoms with Crippen LogP contribution in [0.3, 0.4) is 0 Å². The van der Waals surface area contributed by atoms with Crippen molar-refractivity contribution in [2.75, 3.05) is 18.2 Å². The van der Waals surface area contributed by atoms with Gasteiger partial charge in [0.1, 0.15) is 5.82 Å². The van der Waals surface area contributed by atoms with Crippen molar-refractivity contribution in [1.29, 1.82) is 0 Å². The van der Waals surface area contributed by atoms with E-state index in [-0.39, 0.29) is 0 Å². The number of pyridine rings is 1. The van der Waals surface area contributed by atoms with Crippen molar-refractivity contribution in [1.82, 2.24) is 4.98 Å². The van der Waals surface area contributed by atoms with Crippen molar-refractivity contribution in [3.05, 3.63) is 17.8 Å². The summed E-state index contributed by atoms with van der Waals surface area (Å²) in [5, 5.41) is 3.39. The Morgan fingerprint density at radius 3 is 2.70 bits per heavy atom. The number of esters is 1. The van der Waals surface area contributed by atoms with Crippen molar-refractivity contribution in [3.8, 4) is 0 Å². The molecule has 0 unspecified atom stereocenters. The minimum absolute atomic E-state index is 0.340. The summed E-state index contributed by atoms with van der Waals surface area (Å²) in [6, 6.07) is 2.07. The molecular formula is C15H23N3O2. The van der Waals surface area contributed by atoms with E-state index in [2.05, 4.69) is 24.1 Å². The van der Waals surface area contributed by atoms with Crippen LogP contribution in [0.15, 0.2) is 12.3 Å². The third-order valence-corrected chi connectivity index (χ3v) is 4.03. The molecule has 1 saturated carbocycles. The summed E-state index contributed by atoms with van der Waals surface area (Å²) in [4.78, 5) is 15.8. The Bertz CT molecular complexity index is 490. The van der Waals surface area contributed by atoms with Gasteiger partial charge in [0.2, 0.25) is 0 Å². The topological polar surface area (TPSA) is 77.2 Å². The molecule has 1 aliphatic carbocycles. The van der Waals surface area contributed by atoms with Gasteiger partial charge in [-0.3, -0.25) is 0 Å². The molecule has 0 amide bonds. The van der Waals surface area contributed by atoms with Crippen LogP contribution in [0.5, 0.6) is 0 Å². The van der Waals surface area contributed by atoms with Gasteiger partial charge in [-0.25, -0.2) is 9.78 Å². The maximum Gasteiger partial charge on any atom is 0.340 e. The highest BCUT2D eigenvalue weighted by molar-refractivity contribution is 5.95. The Morgan fingerprint density at radius 1 is 1.45 bits per heavy atom. The second-order valence-corrected chi connectivity index (χ2v) is 6.23. The minimum Gasteiger partial charge on any atom is -0.465 e. The molecule has 1 aromatic rings. The standard InChI is InChI=1S/C15H23N3O2/c1-15(2)6-4-10(5-7-15)18-13-8-11(14(19)20-3)12(16)9-17-13/h8-10H,4-7,16H2,1-3H3,(H,17,18). The lowest BCUT2D eigenvalue weighted by Gasteiger charge is -2.34. The number of carbonyl (C=O) groups excluding carboxylic acids is 1. The molecule has 3 N–H and O–H groups in total. The zero-order chi connectivity index (χ0) is 14.8. The van der Waals surface area contributed by atoms with Gasteiger partial charge in [0, 0.05) is 6.04 Å². The molecule has 2 rings (SSSR count). The molecule has 0 bridgehead atoms. The van der Waals surface area contributed by atoms with Crippen LogP contribution in [0.4, 0.5) is 11.5 Å². The first kappa shape index (κ1) is 14.6. The lowest BCUT2D eigenvalue weighted by Crippen LogP contribution is -2.30. The maximum absolute atomic E-state index is 11.6. The Morgan fingerprint density at radius 2 is 2.10 bits per heavy atom. The molecule has 0 saturated heterocycles. The van der Waals surface area contributed by atoms with Gasteiger partial charge in [-0.2, -0.15) is 0 Å². The monoisotopic (exact) mass is 277 g/mol. The molecule has 5 heteroatoms. The number of hydrogen-bond acceptors (Lipinski definition) is 5. The summed E-state index contributed by atoms with van der Waals surface area (Å²) in [6.45, 7) is 4.61. The smallest absolute Gasteiger partial charge is 0.340 e. The van der Waals surface area contributed by atoms with E-state index in [0.717, 1.165) is 12.8 Å². The van der Waals surface area contributed by atoms with Crippen molar-refractivity contribution in [2.45, 2.75) is 45.6 Å². The summed E-state index contributed by atoms with van der Waals surface area (Å²) in [5.41, 5.74) is 6.88. The summed E-state index contributed by atoms with van der Waals surface area (Å²) in [7, 11) is 1.35. The van der Waals surface area contributed by atoms with Crippen LogP contribution in [-0.4, -0.2) is 24.1 Å². The Balaban J connectivity index is 2.05. The first-order chi connectivity index (χ1) is 9.41. The molecule has 20 heavy (non-hydrogen) atoms. The van der Waals surface area contributed by atoms with Crippen LogP contribution in [0.2, 0.25) is 0 Å². The molecule has 1 aromatic heterocycles. The molecule has 110 valence electrons. The van der Waals surface area contributed by atoms with Crippen molar-refractivity contribution >= 4 is 17.5 Å². The number of methoxy groups -OCH3 is 1. The predicted octanol–water partition coefficient (Wildman–Crippen LogP) is 2.83. The van der Waals surface area contributed by atoms with E-state index in [4.69, 9.17) is 10.5 Å². The molecule has 0 radical (unpaired) electrons. The molecule has 1 fully saturated rings. The number of carbonyl (C=O) groups is 1. The molecule has 5 nitrogen and oxygen atoms in total. The second-order valence-electron chi connectivity index (χ2n) is 6.23. The summed E-state index contributed by atoms with van der Waals surface area (Å²) in [6.07, 6.45) is 6.13. The van der Waals surface area contributed by atoms with E-state index in [1.54, 1.807) is 6.07 Å². The van der Waals surface area contributed by atoms with Crippen LogP contribution < -0.4 is 11.1 Å². The van der Waals surface area contributed by atoms with E-state index in [1.165, 1.54) is 26.1 Å². The van der Waals surface area contributed by atoms with Crippen LogP contribution >= 0.6 is 0 Å². The fourth-order valence-corrected chi connectivity index (χ4v) is 2.58. The third-order valence-electron chi connectivity index (χ3n) is 4.03. The second kappa shape index (κ2) is 5.69. The SMILES string of the molecule is COC(=O)c1cc(NC2CCC(C)(C)CC2)ncc1N. The highest BCUT2D eigenvalue weighted by Gasteiger charge is 2.27. The van der Waals surface area contributed by atoms with Gasteiger partial charge in [0.15, 0.2) is 0 Å². The van der Waals surface area contributed by atoms with Crippen molar-refractivity contribution in [3.63, 3.8) is 0 Å². The number of aromatic nitrogens is 1. The van der Waals surface area contributed by atoms with E-state index in [1.807, 2.05) is 0 Å². The molecule has 1 heterocycles. The lowest BCUT2D eigenvalue weighted by molar-refractivity contribution is 0.0602. The Labute approximate surface area is 119 Å². The van der Waals surface area contributed by atoms with Crippen molar-refractivity contribution in [2.24, 2.45) is 5.41 Å². The average Bonchev–Trinajstić information content (AvgIpc) is 2.42. The summed E-state index contributed by atoms with van der Waals surface area (Å²) >= 11 is 0. The van der Waals surface area contributed by atoms with Gasteiger partial charge in [-0.1, -0.05) is 13.8 Å². The first-order valence-electron chi connectivity index (χ1n) is 7.02. The van der Waals surface area contributed by atoms with Crippen LogP contribution in [-0.2, 0) is 4.74 Å². The van der Waals surface area contributed by atoms with Gasteiger partial charge in [-0.15, -0.1) is 0 Å². The third kappa shape index (κ3) is 3.40. The zero-order valence-corrected chi connectivity index (χ0v) is 12.4. The van der Waals surface area contributed by atoms with Gasteiger partial charge in [-0.05, 0) is 37.2 Å². The molecule has 0 aliphatic heterocycles. The van der Waals surface area contributed by atoms with Gasteiger partial charge < -0.3 is 15.8 Å². The number of nitrogen functional groups attached to an aromatic ring is 1.